The van der Waals surface area contributed by atoms with Crippen molar-refractivity contribution in [3.63, 3.8) is 0 Å². The molecule has 39 heavy (non-hydrogen) atoms. The fourth-order valence-electron chi connectivity index (χ4n) is 5.34. The fraction of sp³-hybridized carbons (Fsp3) is 0.515. The molecule has 0 saturated carbocycles. The van der Waals surface area contributed by atoms with Crippen molar-refractivity contribution in [3.8, 4) is 0 Å². The van der Waals surface area contributed by atoms with Crippen LogP contribution < -0.4 is 0 Å². The largest absolute Gasteiger partial charge is 0.507 e. The number of nitrogens with zero attached hydrogens (tertiary/aromatic N) is 1. The van der Waals surface area contributed by atoms with Gasteiger partial charge in [-0.25, -0.2) is 0 Å². The highest BCUT2D eigenvalue weighted by molar-refractivity contribution is 14.1. The van der Waals surface area contributed by atoms with Crippen LogP contribution in [0, 0.1) is 3.57 Å². The zero-order valence-electron chi connectivity index (χ0n) is 23.3. The fourth-order valence-corrected chi connectivity index (χ4v) is 5.83. The molecular weight excluding hydrogens is 621 g/mol. The van der Waals surface area contributed by atoms with Crippen LogP contribution in [-0.4, -0.2) is 28.2 Å². The lowest BCUT2D eigenvalue weighted by Crippen LogP contribution is -2.30. The zero-order chi connectivity index (χ0) is 28.0. The smallest absolute Gasteiger partial charge is 0.295 e. The Kier molecular flexibility index (Phi) is 13.9. The van der Waals surface area contributed by atoms with Gasteiger partial charge in [-0.2, -0.15) is 0 Å². The van der Waals surface area contributed by atoms with Gasteiger partial charge in [0, 0.05) is 20.7 Å². The van der Waals surface area contributed by atoms with E-state index in [2.05, 4.69) is 29.5 Å². The maximum atomic E-state index is 13.2. The van der Waals surface area contributed by atoms with Crippen molar-refractivity contribution < 1.29 is 14.7 Å². The van der Waals surface area contributed by atoms with E-state index in [0.29, 0.717) is 17.1 Å². The van der Waals surface area contributed by atoms with Gasteiger partial charge < -0.3 is 10.0 Å². The maximum Gasteiger partial charge on any atom is 0.295 e. The highest BCUT2D eigenvalue weighted by Crippen LogP contribution is 2.39. The Morgan fingerprint density at radius 2 is 1.26 bits per heavy atom. The molecule has 2 aromatic carbocycles. The van der Waals surface area contributed by atoms with Crippen LogP contribution in [0.4, 0.5) is 0 Å². The molecule has 0 bridgehead atoms. The summed E-state index contributed by atoms with van der Waals surface area (Å²) in [4.78, 5) is 27.9. The molecule has 212 valence electrons. The number of benzene rings is 2. The lowest BCUT2D eigenvalue weighted by Gasteiger charge is -2.25. The molecule has 0 aromatic heterocycles. The molecule has 3 rings (SSSR count). The Balaban J connectivity index is 1.52. The third-order valence-corrected chi connectivity index (χ3v) is 8.57. The van der Waals surface area contributed by atoms with Crippen LogP contribution in [0.2, 0.25) is 5.02 Å². The summed E-state index contributed by atoms with van der Waals surface area (Å²) in [5, 5.41) is 11.7. The first kappa shape index (κ1) is 31.7. The Labute approximate surface area is 253 Å². The van der Waals surface area contributed by atoms with E-state index in [0.717, 1.165) is 28.4 Å². The van der Waals surface area contributed by atoms with E-state index in [4.69, 9.17) is 11.6 Å². The number of likely N-dealkylation sites (tertiary alicyclic amines) is 1. The predicted molar refractivity (Wildman–Crippen MR) is 170 cm³/mol. The minimum atomic E-state index is -0.628. The third-order valence-electron chi connectivity index (χ3n) is 7.60. The summed E-state index contributed by atoms with van der Waals surface area (Å²) in [5.41, 5.74) is 1.45. The van der Waals surface area contributed by atoms with Gasteiger partial charge in [0.15, 0.2) is 0 Å². The van der Waals surface area contributed by atoms with Gasteiger partial charge in [0.05, 0.1) is 11.6 Å². The molecule has 0 radical (unpaired) electrons. The van der Waals surface area contributed by atoms with Gasteiger partial charge in [0.25, 0.3) is 11.7 Å². The van der Waals surface area contributed by atoms with Gasteiger partial charge in [-0.15, -0.1) is 0 Å². The van der Waals surface area contributed by atoms with E-state index in [1.165, 1.54) is 70.6 Å². The van der Waals surface area contributed by atoms with E-state index in [1.807, 2.05) is 24.3 Å². The average Bonchev–Trinajstić information content (AvgIpc) is 3.18. The Bertz CT molecular complexity index is 1080. The van der Waals surface area contributed by atoms with Gasteiger partial charge in [0.1, 0.15) is 5.76 Å². The molecule has 1 unspecified atom stereocenters. The molecule has 4 nitrogen and oxygen atoms in total. The molecule has 1 fully saturated rings. The number of aliphatic hydroxyl groups excluding tert-OH is 1. The van der Waals surface area contributed by atoms with E-state index in [1.54, 1.807) is 29.2 Å². The Hall–Kier alpha value is -1.86. The zero-order valence-corrected chi connectivity index (χ0v) is 26.2. The molecular formula is C33H43ClINO3. The summed E-state index contributed by atoms with van der Waals surface area (Å²) >= 11 is 8.25. The molecule has 1 N–H and O–H groups in total. The van der Waals surface area contributed by atoms with Crippen LogP contribution in [0.25, 0.3) is 5.76 Å². The summed E-state index contributed by atoms with van der Waals surface area (Å²) < 4.78 is 1.07. The third kappa shape index (κ3) is 9.63. The number of carbonyl (C=O) groups excluding carboxylic acids is 2. The second kappa shape index (κ2) is 17.1. The first-order valence-corrected chi connectivity index (χ1v) is 16.2. The molecule has 2 aromatic rings. The molecule has 1 saturated heterocycles. The lowest BCUT2D eigenvalue weighted by molar-refractivity contribution is -0.139. The summed E-state index contributed by atoms with van der Waals surface area (Å²) in [7, 11) is 0. The number of ketones is 1. The quantitative estimate of drug-likeness (QED) is 0.0603. The maximum absolute atomic E-state index is 13.2. The summed E-state index contributed by atoms with van der Waals surface area (Å²) in [5.74, 6) is -1.32. The minimum Gasteiger partial charge on any atom is -0.507 e. The summed E-state index contributed by atoms with van der Waals surface area (Å²) in [6.45, 7) is 2.76. The Morgan fingerprint density at radius 1 is 0.769 bits per heavy atom. The van der Waals surface area contributed by atoms with Gasteiger partial charge >= 0.3 is 0 Å². The van der Waals surface area contributed by atoms with Crippen LogP contribution in [0.15, 0.2) is 54.1 Å². The van der Waals surface area contributed by atoms with Crippen molar-refractivity contribution in [1.29, 1.82) is 0 Å². The average molecular weight is 664 g/mol. The number of Topliss-reactive ketones (excluding diaryl/α,β-unsaturated/α-hetero) is 1. The van der Waals surface area contributed by atoms with Crippen LogP contribution in [0.5, 0.6) is 0 Å². The monoisotopic (exact) mass is 663 g/mol. The van der Waals surface area contributed by atoms with Crippen molar-refractivity contribution in [2.24, 2.45) is 0 Å². The second-order valence-corrected chi connectivity index (χ2v) is 12.3. The van der Waals surface area contributed by atoms with Crippen LogP contribution in [-0.2, 0) is 9.59 Å². The van der Waals surface area contributed by atoms with Crippen molar-refractivity contribution in [2.75, 3.05) is 6.54 Å². The number of unbranched alkanes of at least 4 members (excludes halogenated alkanes) is 13. The Morgan fingerprint density at radius 3 is 1.77 bits per heavy atom. The first-order valence-electron chi connectivity index (χ1n) is 14.7. The van der Waals surface area contributed by atoms with Crippen molar-refractivity contribution in [3.05, 3.63) is 73.8 Å². The highest BCUT2D eigenvalue weighted by Gasteiger charge is 2.45. The number of carbonyl (C=O) groups is 2. The standard InChI is InChI=1S/C33H43ClINO3/c1-2-3-4-5-6-7-8-9-10-11-12-13-14-15-24-36-30(25-18-22-28(35)23-19-25)29(32(38)33(36)39)31(37)26-16-20-27(34)21-17-26/h16-23,30,37H,2-15,24H2,1H3/b31-29+. The predicted octanol–water partition coefficient (Wildman–Crippen LogP) is 9.85. The number of rotatable bonds is 17. The van der Waals surface area contributed by atoms with E-state index in [-0.39, 0.29) is 11.3 Å². The van der Waals surface area contributed by atoms with Crippen LogP contribution in [0.3, 0.4) is 0 Å². The molecule has 0 spiro atoms. The number of halogens is 2. The second-order valence-electron chi connectivity index (χ2n) is 10.6. The molecule has 1 aliphatic heterocycles. The van der Waals surface area contributed by atoms with Gasteiger partial charge in [0.2, 0.25) is 0 Å². The normalized spacial score (nSPS) is 16.8. The number of aliphatic hydroxyl groups is 1. The summed E-state index contributed by atoms with van der Waals surface area (Å²) in [6, 6.07) is 13.9. The van der Waals surface area contributed by atoms with Crippen molar-refractivity contribution in [2.45, 2.75) is 103 Å². The molecule has 0 aliphatic carbocycles. The van der Waals surface area contributed by atoms with Gasteiger partial charge in [-0.05, 0) is 71.0 Å². The number of hydrogen-bond donors (Lipinski definition) is 1. The van der Waals surface area contributed by atoms with Gasteiger partial charge in [-0.1, -0.05) is 114 Å². The van der Waals surface area contributed by atoms with Crippen molar-refractivity contribution in [1.82, 2.24) is 4.90 Å². The lowest BCUT2D eigenvalue weighted by atomic mass is 9.95. The molecule has 1 amide bonds. The molecule has 1 atom stereocenters. The highest BCUT2D eigenvalue weighted by atomic mass is 127. The van der Waals surface area contributed by atoms with Gasteiger partial charge in [-0.3, -0.25) is 9.59 Å². The van der Waals surface area contributed by atoms with Crippen LogP contribution >= 0.6 is 34.2 Å². The summed E-state index contributed by atoms with van der Waals surface area (Å²) in [6.07, 6.45) is 17.7. The topological polar surface area (TPSA) is 57.6 Å². The number of hydrogen-bond acceptors (Lipinski definition) is 3. The van der Waals surface area contributed by atoms with E-state index < -0.39 is 17.7 Å². The molecule has 1 heterocycles. The first-order chi connectivity index (χ1) is 18.9. The minimum absolute atomic E-state index is 0.147. The molecule has 6 heteroatoms. The SMILES string of the molecule is CCCCCCCCCCCCCCCCN1C(=O)C(=O)/C(=C(/O)c2ccc(Cl)cc2)C1c1ccc(I)cc1. The van der Waals surface area contributed by atoms with Crippen LogP contribution in [0.1, 0.15) is 114 Å². The molecule has 1 aliphatic rings. The van der Waals surface area contributed by atoms with E-state index in [9.17, 15) is 14.7 Å². The number of amides is 1. The van der Waals surface area contributed by atoms with Crippen molar-refractivity contribution >= 4 is 51.6 Å². The van der Waals surface area contributed by atoms with E-state index >= 15 is 0 Å².